The number of carbonyl (C=O) groups excluding carboxylic acids is 1. The molecule has 0 heterocycles. The second-order valence-corrected chi connectivity index (χ2v) is 5.15. The molecule has 4 atom stereocenters. The number of carbonyl (C=O) groups is 1. The highest BCUT2D eigenvalue weighted by Gasteiger charge is 2.44. The normalized spacial score (nSPS) is 35.5. The SMILES string of the molecule is C=CC1=C(N)CC(=O)C(C2C[C@H](CO)[C@@H](O)[C@H]2O)=C1. The molecule has 2 aliphatic carbocycles. The van der Waals surface area contributed by atoms with Crippen molar-refractivity contribution in [3.63, 3.8) is 0 Å². The van der Waals surface area contributed by atoms with Crippen molar-refractivity contribution in [3.8, 4) is 0 Å². The van der Waals surface area contributed by atoms with Crippen LogP contribution in [0.1, 0.15) is 12.8 Å². The van der Waals surface area contributed by atoms with Crippen LogP contribution in [0, 0.1) is 11.8 Å². The molecule has 19 heavy (non-hydrogen) atoms. The van der Waals surface area contributed by atoms with Gasteiger partial charge in [0.15, 0.2) is 5.78 Å². The first-order valence-corrected chi connectivity index (χ1v) is 6.32. The minimum Gasteiger partial charge on any atom is -0.401 e. The van der Waals surface area contributed by atoms with E-state index in [0.29, 0.717) is 23.3 Å². The fourth-order valence-electron chi connectivity index (χ4n) is 2.84. The van der Waals surface area contributed by atoms with E-state index in [1.54, 1.807) is 12.2 Å². The summed E-state index contributed by atoms with van der Waals surface area (Å²) in [6.45, 7) is 3.43. The van der Waals surface area contributed by atoms with E-state index in [-0.39, 0.29) is 18.8 Å². The quantitative estimate of drug-likeness (QED) is 0.557. The van der Waals surface area contributed by atoms with E-state index in [1.807, 2.05) is 0 Å². The fourth-order valence-corrected chi connectivity index (χ4v) is 2.84. The number of ketones is 1. The maximum absolute atomic E-state index is 12.0. The van der Waals surface area contributed by atoms with Crippen LogP contribution in [-0.2, 0) is 4.79 Å². The van der Waals surface area contributed by atoms with Gasteiger partial charge in [0, 0.05) is 29.7 Å². The molecule has 2 aliphatic rings. The predicted octanol–water partition coefficient (Wildman–Crippen LogP) is -0.365. The van der Waals surface area contributed by atoms with Gasteiger partial charge in [-0.05, 0) is 18.1 Å². The van der Waals surface area contributed by atoms with Crippen molar-refractivity contribution in [2.24, 2.45) is 17.6 Å². The van der Waals surface area contributed by atoms with Gasteiger partial charge in [0.2, 0.25) is 0 Å². The van der Waals surface area contributed by atoms with Crippen molar-refractivity contribution in [2.75, 3.05) is 6.61 Å². The van der Waals surface area contributed by atoms with Crippen LogP contribution in [-0.4, -0.2) is 39.9 Å². The number of aliphatic hydroxyl groups excluding tert-OH is 3. The number of aliphatic hydroxyl groups is 3. The van der Waals surface area contributed by atoms with E-state index < -0.39 is 24.0 Å². The first-order chi connectivity index (χ1) is 8.99. The minimum atomic E-state index is -1.03. The maximum Gasteiger partial charge on any atom is 0.165 e. The lowest BCUT2D eigenvalue weighted by Gasteiger charge is -2.22. The zero-order chi connectivity index (χ0) is 14.2. The Kier molecular flexibility index (Phi) is 3.89. The van der Waals surface area contributed by atoms with Crippen LogP contribution >= 0.6 is 0 Å². The summed E-state index contributed by atoms with van der Waals surface area (Å²) in [5.41, 5.74) is 7.36. The van der Waals surface area contributed by atoms with Gasteiger partial charge < -0.3 is 21.1 Å². The highest BCUT2D eigenvalue weighted by Crippen LogP contribution is 2.38. The molecule has 0 bridgehead atoms. The van der Waals surface area contributed by atoms with Crippen LogP contribution in [0.3, 0.4) is 0 Å². The molecular weight excluding hydrogens is 246 g/mol. The Balaban J connectivity index is 2.31. The van der Waals surface area contributed by atoms with E-state index in [9.17, 15) is 15.0 Å². The van der Waals surface area contributed by atoms with Crippen LogP contribution in [0.2, 0.25) is 0 Å². The molecule has 0 amide bonds. The summed E-state index contributed by atoms with van der Waals surface area (Å²) in [5.74, 6) is -0.996. The van der Waals surface area contributed by atoms with Gasteiger partial charge in [-0.1, -0.05) is 12.7 Å². The van der Waals surface area contributed by atoms with Gasteiger partial charge in [-0.25, -0.2) is 0 Å². The van der Waals surface area contributed by atoms with E-state index in [0.717, 1.165) is 0 Å². The van der Waals surface area contributed by atoms with E-state index in [4.69, 9.17) is 10.8 Å². The average Bonchev–Trinajstić information content (AvgIpc) is 2.67. The molecule has 1 fully saturated rings. The average molecular weight is 265 g/mol. The van der Waals surface area contributed by atoms with Crippen LogP contribution in [0.15, 0.2) is 35.6 Å². The number of hydrogen-bond donors (Lipinski definition) is 4. The van der Waals surface area contributed by atoms with Crippen molar-refractivity contribution < 1.29 is 20.1 Å². The molecular formula is C14H19NO4. The second kappa shape index (κ2) is 5.28. The summed E-state index contributed by atoms with van der Waals surface area (Å²) < 4.78 is 0. The third-order valence-electron chi connectivity index (χ3n) is 4.01. The van der Waals surface area contributed by atoms with Gasteiger partial charge in [0.1, 0.15) is 0 Å². The lowest BCUT2D eigenvalue weighted by molar-refractivity contribution is -0.116. The minimum absolute atomic E-state index is 0.107. The van der Waals surface area contributed by atoms with Gasteiger partial charge in [-0.15, -0.1) is 0 Å². The summed E-state index contributed by atoms with van der Waals surface area (Å²) in [5, 5.41) is 29.0. The fraction of sp³-hybridized carbons (Fsp3) is 0.500. The van der Waals surface area contributed by atoms with Gasteiger partial charge in [0.25, 0.3) is 0 Å². The summed E-state index contributed by atoms with van der Waals surface area (Å²) in [6.07, 6.45) is 1.67. The van der Waals surface area contributed by atoms with Crippen LogP contribution in [0.25, 0.3) is 0 Å². The Bertz CT molecular complexity index is 466. The lowest BCUT2D eigenvalue weighted by atomic mass is 9.84. The highest BCUT2D eigenvalue weighted by molar-refractivity contribution is 5.99. The molecule has 104 valence electrons. The molecule has 1 unspecified atom stereocenters. The Hall–Kier alpha value is -1.43. The third kappa shape index (κ3) is 2.36. The van der Waals surface area contributed by atoms with Crippen molar-refractivity contribution in [1.82, 2.24) is 0 Å². The van der Waals surface area contributed by atoms with Crippen molar-refractivity contribution in [2.45, 2.75) is 25.0 Å². The smallest absolute Gasteiger partial charge is 0.165 e. The molecule has 2 rings (SSSR count). The Labute approximate surface area is 111 Å². The zero-order valence-corrected chi connectivity index (χ0v) is 10.6. The van der Waals surface area contributed by atoms with Gasteiger partial charge in [-0.3, -0.25) is 4.79 Å². The molecule has 1 saturated carbocycles. The topological polar surface area (TPSA) is 104 Å². The Morgan fingerprint density at radius 3 is 2.63 bits per heavy atom. The molecule has 0 saturated heterocycles. The Morgan fingerprint density at radius 1 is 1.42 bits per heavy atom. The Morgan fingerprint density at radius 2 is 2.11 bits per heavy atom. The molecule has 0 radical (unpaired) electrons. The molecule has 5 heteroatoms. The van der Waals surface area contributed by atoms with Crippen LogP contribution in [0.5, 0.6) is 0 Å². The molecule has 0 aliphatic heterocycles. The molecule has 5 N–H and O–H groups in total. The first-order valence-electron chi connectivity index (χ1n) is 6.32. The first kappa shape index (κ1) is 14.0. The molecule has 0 aromatic heterocycles. The van der Waals surface area contributed by atoms with Crippen LogP contribution < -0.4 is 5.73 Å². The van der Waals surface area contributed by atoms with E-state index >= 15 is 0 Å². The second-order valence-electron chi connectivity index (χ2n) is 5.15. The number of hydrogen-bond acceptors (Lipinski definition) is 5. The third-order valence-corrected chi connectivity index (χ3v) is 4.01. The summed E-state index contributed by atoms with van der Waals surface area (Å²) >= 11 is 0. The van der Waals surface area contributed by atoms with Crippen molar-refractivity contribution >= 4 is 5.78 Å². The zero-order valence-electron chi connectivity index (χ0n) is 10.6. The van der Waals surface area contributed by atoms with Crippen molar-refractivity contribution in [3.05, 3.63) is 35.6 Å². The molecule has 5 nitrogen and oxygen atoms in total. The highest BCUT2D eigenvalue weighted by atomic mass is 16.3. The molecule has 0 spiro atoms. The van der Waals surface area contributed by atoms with Crippen LogP contribution in [0.4, 0.5) is 0 Å². The summed E-state index contributed by atoms with van der Waals surface area (Å²) in [7, 11) is 0. The van der Waals surface area contributed by atoms with E-state index in [1.165, 1.54) is 0 Å². The predicted molar refractivity (Wildman–Crippen MR) is 69.8 cm³/mol. The summed E-state index contributed by atoms with van der Waals surface area (Å²) in [6, 6.07) is 0. The van der Waals surface area contributed by atoms with Gasteiger partial charge in [0.05, 0.1) is 18.6 Å². The van der Waals surface area contributed by atoms with Crippen molar-refractivity contribution in [1.29, 1.82) is 0 Å². The summed E-state index contributed by atoms with van der Waals surface area (Å²) in [4.78, 5) is 12.0. The monoisotopic (exact) mass is 265 g/mol. The van der Waals surface area contributed by atoms with Gasteiger partial charge >= 0.3 is 0 Å². The standard InChI is InChI=1S/C14H19NO4/c1-2-7-3-9(12(17)5-11(7)15)10-4-8(6-16)13(18)14(10)19/h2-3,8,10,13-14,16,18-19H,1,4-6,15H2/t8-,10?,13-,14+/m1/s1. The molecule has 0 aromatic rings. The number of allylic oxidation sites excluding steroid dienone is 4. The maximum atomic E-state index is 12.0. The number of rotatable bonds is 3. The van der Waals surface area contributed by atoms with E-state index in [2.05, 4.69) is 6.58 Å². The number of Topliss-reactive ketones (excluding diaryl/α,β-unsaturated/α-hetero) is 1. The lowest BCUT2D eigenvalue weighted by Crippen LogP contribution is -2.32. The number of nitrogens with two attached hydrogens (primary N) is 1. The van der Waals surface area contributed by atoms with Gasteiger partial charge in [-0.2, -0.15) is 0 Å². The largest absolute Gasteiger partial charge is 0.401 e. The molecule has 0 aromatic carbocycles.